The van der Waals surface area contributed by atoms with Crippen LogP contribution in [0.1, 0.15) is 309 Å². The summed E-state index contributed by atoms with van der Waals surface area (Å²) in [4.78, 5) is 126. The highest BCUT2D eigenvalue weighted by molar-refractivity contribution is 6.07. The maximum Gasteiger partial charge on any atom is 0.147 e. The first kappa shape index (κ1) is 116. The van der Waals surface area contributed by atoms with Crippen molar-refractivity contribution in [2.24, 2.45) is 59.2 Å². The fourth-order valence-corrected chi connectivity index (χ4v) is 21.0. The fourth-order valence-electron chi connectivity index (χ4n) is 21.0. The minimum atomic E-state index is -0.392. The molecule has 0 radical (unpaired) electrons. The predicted octanol–water partition coefficient (Wildman–Crippen LogP) is 31.4. The summed E-state index contributed by atoms with van der Waals surface area (Å²) in [6, 6.07) is 80.9. The van der Waals surface area contributed by atoms with Gasteiger partial charge in [-0.15, -0.1) is 0 Å². The number of ketones is 10. The lowest BCUT2D eigenvalue weighted by molar-refractivity contribution is -0.136. The average molecular weight is 2000 g/mol. The molecule has 15 nitrogen and oxygen atoms in total. The molecular weight excluding hydrogens is 1840 g/mol. The van der Waals surface area contributed by atoms with Gasteiger partial charge < -0.3 is 23.7 Å². The highest BCUT2D eigenvalue weighted by Gasteiger charge is 2.38. The molecule has 15 rings (SSSR count). The van der Waals surface area contributed by atoms with E-state index in [4.69, 9.17) is 23.7 Å². The van der Waals surface area contributed by atoms with Crippen LogP contribution in [-0.4, -0.2) is 90.9 Å². The van der Waals surface area contributed by atoms with Crippen LogP contribution in [0.15, 0.2) is 243 Å². The van der Waals surface area contributed by atoms with Gasteiger partial charge in [-0.3, -0.25) is 47.9 Å². The van der Waals surface area contributed by atoms with E-state index < -0.39 is 29.6 Å². The molecule has 148 heavy (non-hydrogen) atoms. The molecule has 10 unspecified atom stereocenters. The summed E-state index contributed by atoms with van der Waals surface area (Å²) in [5.74, 6) is 5.97. The van der Waals surface area contributed by atoms with Crippen molar-refractivity contribution in [3.8, 4) is 84.4 Å². The normalized spacial score (nSPS) is 19.0. The van der Waals surface area contributed by atoms with E-state index in [1.807, 2.05) is 170 Å². The van der Waals surface area contributed by atoms with Gasteiger partial charge in [-0.25, -0.2) is 0 Å². The van der Waals surface area contributed by atoms with E-state index in [0.717, 1.165) is 267 Å². The molecule has 788 valence electrons. The molecule has 5 aliphatic carbocycles. The van der Waals surface area contributed by atoms with E-state index in [2.05, 4.69) is 142 Å². The van der Waals surface area contributed by atoms with Crippen molar-refractivity contribution in [3.63, 3.8) is 0 Å². The van der Waals surface area contributed by atoms with Crippen LogP contribution in [0.25, 0.3) is 55.6 Å². The first-order chi connectivity index (χ1) is 72.0. The van der Waals surface area contributed by atoms with Gasteiger partial charge in [0.25, 0.3) is 0 Å². The Balaban J connectivity index is 0.000000176. The summed E-state index contributed by atoms with van der Waals surface area (Å²) in [7, 11) is 0. The molecule has 0 spiro atoms. The van der Waals surface area contributed by atoms with Gasteiger partial charge in [0.2, 0.25) is 0 Å². The maximum atomic E-state index is 12.9. The van der Waals surface area contributed by atoms with E-state index in [0.29, 0.717) is 100 Å². The Labute approximate surface area is 884 Å². The number of benzene rings is 10. The van der Waals surface area contributed by atoms with Crippen LogP contribution in [-0.2, 0) is 80.0 Å². The zero-order valence-electron chi connectivity index (χ0n) is 90.4. The molecule has 0 N–H and O–H groups in total. The summed E-state index contributed by atoms with van der Waals surface area (Å²) in [6.07, 6.45) is 33.8. The molecule has 0 bridgehead atoms. The Morgan fingerprint density at radius 1 is 0.209 bits per heavy atom. The van der Waals surface area contributed by atoms with Crippen molar-refractivity contribution in [3.05, 3.63) is 270 Å². The Morgan fingerprint density at radius 3 is 0.622 bits per heavy atom. The molecule has 15 heteroatoms. The van der Waals surface area contributed by atoms with E-state index in [9.17, 15) is 47.9 Å². The van der Waals surface area contributed by atoms with Crippen LogP contribution in [0, 0.1) is 59.2 Å². The fraction of sp³-hybridized carbons (Fsp3) is 0.474. The van der Waals surface area contributed by atoms with Crippen molar-refractivity contribution in [2.45, 2.75) is 313 Å². The van der Waals surface area contributed by atoms with Crippen molar-refractivity contribution in [1.29, 1.82) is 0 Å². The zero-order valence-corrected chi connectivity index (χ0v) is 90.4. The van der Waals surface area contributed by atoms with Crippen LogP contribution >= 0.6 is 0 Å². The van der Waals surface area contributed by atoms with Crippen LogP contribution < -0.4 is 23.7 Å². The van der Waals surface area contributed by atoms with Gasteiger partial charge in [-0.1, -0.05) is 335 Å². The molecule has 0 amide bonds. The molecule has 10 aromatic carbocycles. The second kappa shape index (κ2) is 63.0. The number of carbonyl (C=O) groups is 10. The molecule has 0 heterocycles. The highest BCUT2D eigenvalue weighted by atomic mass is 16.5. The minimum absolute atomic E-state index is 0.0667. The smallest absolute Gasteiger partial charge is 0.147 e. The van der Waals surface area contributed by atoms with Crippen LogP contribution in [0.4, 0.5) is 0 Å². The van der Waals surface area contributed by atoms with E-state index in [1.54, 1.807) is 0 Å². The van der Waals surface area contributed by atoms with Gasteiger partial charge in [-0.05, 0) is 270 Å². The topological polar surface area (TPSA) is 217 Å². The lowest BCUT2D eigenvalue weighted by atomic mass is 9.76. The summed E-state index contributed by atoms with van der Waals surface area (Å²) in [6.45, 7) is 24.9. The third-order valence-electron chi connectivity index (χ3n) is 30.0. The number of hydrogen-bond donors (Lipinski definition) is 0. The number of Topliss-reactive ketones (excluding diaryl/α,β-unsaturated/α-hetero) is 10. The van der Waals surface area contributed by atoms with Crippen LogP contribution in [0.5, 0.6) is 28.7 Å². The van der Waals surface area contributed by atoms with Crippen LogP contribution in [0.3, 0.4) is 0 Å². The zero-order chi connectivity index (χ0) is 105. The van der Waals surface area contributed by atoms with Crippen molar-refractivity contribution in [2.75, 3.05) is 33.0 Å². The number of carbonyl (C=O) groups excluding carboxylic acids is 10. The monoisotopic (exact) mass is 2000 g/mol. The quantitative estimate of drug-likeness (QED) is 0.0256. The van der Waals surface area contributed by atoms with Gasteiger partial charge in [0.15, 0.2) is 0 Å². The van der Waals surface area contributed by atoms with Gasteiger partial charge in [-0.2, -0.15) is 0 Å². The van der Waals surface area contributed by atoms with Gasteiger partial charge >= 0.3 is 0 Å². The number of ether oxygens (including phenoxy) is 5. The van der Waals surface area contributed by atoms with Gasteiger partial charge in [0.1, 0.15) is 86.6 Å². The summed E-state index contributed by atoms with van der Waals surface area (Å²) in [5, 5.41) is 0. The third kappa shape index (κ3) is 37.9. The second-order valence-electron chi connectivity index (χ2n) is 42.0. The Bertz CT molecular complexity index is 5720. The largest absolute Gasteiger partial charge is 0.494 e. The standard InChI is InChI=1S/C30H40O3.C28H36O3.C26H32O3.C25H30O3.C24H28O3/c1-3-5-6-7-8-9-23-12-19-28(29(31)21-23)30(32)22-24-10-13-25(14-11-24)26-15-17-27(18-16-26)33-20-4-2;1-3-5-6-7-21-10-17-26(27(29)19-21)28(30)20-22-8-11-23(12-9-22)24-13-15-25(16-14-24)31-18-4-2;1-3-5-19-8-15-24(25(27)17-19)26(28)18-20-6-9-21(10-7-20)22-11-13-23(14-12-22)29-16-4-2;1-3-15-28-22-12-10-21(11-13-22)20-8-5-19(6-9-20)17-25(27)23-14-7-18(4-2)16-24(23)26;1-3-14-27-21-11-9-20(10-12-21)19-7-5-18(6-8-19)16-24(26)22-13-4-17(2)15-23(22)25/h10-11,13-18,23,28H,3-9,12,19-22H2,1-2H3;8-9,11-16,21,26H,3-7,10,17-20H2,1-2H3;6-7,9-14,19,24H,3-5,8,15-18H2,1-2H3;5-6,8-13,18,23H,3-4,7,14-17H2,1-2H3;5-12,17,22H,3-4,13-16H2,1-2H3. The summed E-state index contributed by atoms with van der Waals surface area (Å²) >= 11 is 0. The van der Waals surface area contributed by atoms with Crippen LogP contribution in [0.2, 0.25) is 0 Å². The first-order valence-electron chi connectivity index (χ1n) is 56.4. The molecule has 0 aliphatic heterocycles. The molecule has 5 fully saturated rings. The molecule has 10 atom stereocenters. The predicted molar refractivity (Wildman–Crippen MR) is 599 cm³/mol. The molecule has 10 aromatic rings. The third-order valence-corrected chi connectivity index (χ3v) is 30.0. The lowest BCUT2D eigenvalue weighted by Gasteiger charge is -2.26. The minimum Gasteiger partial charge on any atom is -0.494 e. The Hall–Kier alpha value is -12.1. The van der Waals surface area contributed by atoms with Crippen molar-refractivity contribution in [1.82, 2.24) is 0 Å². The molecule has 5 aliphatic rings. The summed E-state index contributed by atoms with van der Waals surface area (Å²) in [5.41, 5.74) is 16.0. The molecule has 0 aromatic heterocycles. The SMILES string of the molecule is CCCCCC1CCC(C(=O)Cc2ccc(-c3ccc(OCCC)cc3)cc2)C(=O)C1.CCCCCCCC1CCC(C(=O)Cc2ccc(-c3ccc(OCCC)cc3)cc2)C(=O)C1.CCCOc1ccc(-c2ccc(CC(=O)C3CCC(C)CC3=O)cc2)cc1.CCCOc1ccc(-c2ccc(CC(=O)C3CCC(CC)CC3=O)cc2)cc1.CCCOc1ccc(-c2ccc(CC(=O)C3CCC(CCC)CC3=O)cc2)cc1. The second-order valence-corrected chi connectivity index (χ2v) is 42.0. The number of rotatable bonds is 48. The summed E-state index contributed by atoms with van der Waals surface area (Å²) < 4.78 is 28.2. The molecule has 0 saturated heterocycles. The van der Waals surface area contributed by atoms with Crippen molar-refractivity contribution < 1.29 is 71.6 Å². The number of hydrogen-bond acceptors (Lipinski definition) is 15. The Morgan fingerprint density at radius 2 is 0.405 bits per heavy atom. The highest BCUT2D eigenvalue weighted by Crippen LogP contribution is 2.39. The lowest BCUT2D eigenvalue weighted by Crippen LogP contribution is -2.32. The maximum absolute atomic E-state index is 12.9. The number of unbranched alkanes of at least 4 members (excludes halogenated alkanes) is 6. The first-order valence-corrected chi connectivity index (χ1v) is 56.4. The van der Waals surface area contributed by atoms with E-state index in [-0.39, 0.29) is 57.8 Å². The average Bonchev–Trinajstić information content (AvgIpc) is 0.838. The van der Waals surface area contributed by atoms with E-state index in [1.165, 1.54) is 51.4 Å². The Kier molecular flexibility index (Phi) is 49.5. The molecular formula is C133H166O15. The van der Waals surface area contributed by atoms with E-state index >= 15 is 0 Å². The van der Waals surface area contributed by atoms with Crippen molar-refractivity contribution >= 4 is 57.8 Å². The van der Waals surface area contributed by atoms with Gasteiger partial charge in [0, 0.05) is 64.2 Å². The molecule has 5 saturated carbocycles. The van der Waals surface area contributed by atoms with Gasteiger partial charge in [0.05, 0.1) is 62.6 Å².